The summed E-state index contributed by atoms with van der Waals surface area (Å²) in [4.78, 5) is 11.6. The van der Waals surface area contributed by atoms with Gasteiger partial charge in [-0.3, -0.25) is 4.79 Å². The van der Waals surface area contributed by atoms with Crippen LogP contribution in [0.2, 0.25) is 65.0 Å². The Morgan fingerprint density at radius 3 is 1.62 bits per heavy atom. The second-order valence-electron chi connectivity index (χ2n) is 9.45. The lowest BCUT2D eigenvalue weighted by Crippen LogP contribution is -2.60. The fraction of sp³-hybridized carbons (Fsp3) is 0.812. The van der Waals surface area contributed by atoms with Crippen molar-refractivity contribution in [2.45, 2.75) is 78.3 Å². The Morgan fingerprint density at radius 1 is 0.846 bits per heavy atom. The average molecular weight is 453 g/mol. The summed E-state index contributed by atoms with van der Waals surface area (Å²) in [7, 11) is -9.40. The molecule has 0 aromatic heterocycles. The number of hydrogen-bond acceptors (Lipinski definition) is 5. The number of carbonyl (C=O) groups excluding carboxylic acids is 1. The summed E-state index contributed by atoms with van der Waals surface area (Å²) in [6.45, 7) is 22.1. The van der Waals surface area contributed by atoms with Gasteiger partial charge in [0.05, 0.1) is 0 Å². The molecule has 0 bridgehead atoms. The maximum atomic E-state index is 11.6. The van der Waals surface area contributed by atoms with Gasteiger partial charge in [0.15, 0.2) is 30.4 Å². The molecule has 0 saturated carbocycles. The van der Waals surface area contributed by atoms with Gasteiger partial charge in [0.25, 0.3) is 0 Å². The Balaban J connectivity index is 5.11. The molecule has 154 valence electrons. The van der Waals surface area contributed by atoms with Crippen LogP contribution in [0, 0.1) is 0 Å². The molecule has 0 spiro atoms. The molecule has 26 heavy (non-hydrogen) atoms. The Bertz CT molecular complexity index is 422. The van der Waals surface area contributed by atoms with E-state index in [1.54, 1.807) is 12.2 Å². The van der Waals surface area contributed by atoms with Crippen LogP contribution >= 0.6 is 0 Å². The molecule has 0 aromatic carbocycles. The second kappa shape index (κ2) is 10.8. The van der Waals surface area contributed by atoms with E-state index < -0.39 is 43.5 Å². The van der Waals surface area contributed by atoms with Crippen LogP contribution in [0.5, 0.6) is 0 Å². The molecule has 5 nitrogen and oxygen atoms in total. The van der Waals surface area contributed by atoms with Crippen LogP contribution in [0.25, 0.3) is 0 Å². The van der Waals surface area contributed by atoms with E-state index >= 15 is 0 Å². The van der Waals surface area contributed by atoms with Crippen LogP contribution in [0.1, 0.15) is 13.3 Å². The van der Waals surface area contributed by atoms with E-state index in [9.17, 15) is 4.79 Å². The molecule has 0 amide bonds. The van der Waals surface area contributed by atoms with Crippen LogP contribution in [-0.2, 0) is 21.6 Å². The molecule has 0 atom stereocenters. The minimum Gasteiger partial charge on any atom is -0.417 e. The van der Waals surface area contributed by atoms with E-state index in [2.05, 4.69) is 58.9 Å². The first-order valence-corrected chi connectivity index (χ1v) is 22.9. The Kier molecular flexibility index (Phi) is 10.9. The van der Waals surface area contributed by atoms with Gasteiger partial charge in [-0.2, -0.15) is 0 Å². The molecule has 0 fully saturated rings. The summed E-state index contributed by atoms with van der Waals surface area (Å²) in [5.74, 6) is 0. The number of carbonyl (C=O) groups is 1. The second-order valence-corrected chi connectivity index (χ2v) is 27.8. The van der Waals surface area contributed by atoms with Crippen molar-refractivity contribution in [3.8, 4) is 0 Å². The number of hydrogen-bond donors (Lipinski definition) is 0. The number of allylic oxidation sites excluding steroid dienone is 2. The van der Waals surface area contributed by atoms with Gasteiger partial charge in [0.2, 0.25) is 9.76 Å². The highest BCUT2D eigenvalue weighted by Gasteiger charge is 2.49. The first-order chi connectivity index (χ1) is 11.6. The topological polar surface area (TPSA) is 54.0 Å². The van der Waals surface area contributed by atoms with Gasteiger partial charge in [0, 0.05) is 12.7 Å². The predicted octanol–water partition coefficient (Wildman–Crippen LogP) is 4.07. The van der Waals surface area contributed by atoms with Crippen LogP contribution < -0.4 is 0 Å². The van der Waals surface area contributed by atoms with Gasteiger partial charge in [-0.1, -0.05) is 6.08 Å². The highest BCUT2D eigenvalue weighted by Crippen LogP contribution is 2.29. The van der Waals surface area contributed by atoms with E-state index in [-0.39, 0.29) is 5.41 Å². The van der Waals surface area contributed by atoms with Crippen LogP contribution in [-0.4, -0.2) is 55.5 Å². The Morgan fingerprint density at radius 2 is 1.27 bits per heavy atom. The highest BCUT2D eigenvalue weighted by molar-refractivity contribution is 6.90. The van der Waals surface area contributed by atoms with Crippen molar-refractivity contribution in [1.29, 1.82) is 0 Å². The Hall–Kier alpha value is 0.334. The molecule has 0 radical (unpaired) electrons. The highest BCUT2D eigenvalue weighted by atomic mass is 28.5. The van der Waals surface area contributed by atoms with E-state index in [4.69, 9.17) is 16.8 Å². The van der Waals surface area contributed by atoms with Gasteiger partial charge in [-0.25, -0.2) is 0 Å². The van der Waals surface area contributed by atoms with Crippen molar-refractivity contribution in [2.24, 2.45) is 0 Å². The standard InChI is InChI=1S/C16H40O5Si5/c1-11-13-16(17)22-18-14-12-15-26(19-23(2,3)4,20-24(5,6)7)21-25(8,9)10/h11,13H,12,14-15,22H2,1-10H3. The van der Waals surface area contributed by atoms with Crippen molar-refractivity contribution in [1.82, 2.24) is 0 Å². The van der Waals surface area contributed by atoms with E-state index in [0.29, 0.717) is 6.61 Å². The maximum absolute atomic E-state index is 11.6. The fourth-order valence-electron chi connectivity index (χ4n) is 2.41. The summed E-state index contributed by atoms with van der Waals surface area (Å²) in [5, 5.41) is 0.131. The monoisotopic (exact) mass is 452 g/mol. The molecule has 0 aromatic rings. The minimum atomic E-state index is -2.77. The van der Waals surface area contributed by atoms with Crippen LogP contribution in [0.15, 0.2) is 12.2 Å². The largest absolute Gasteiger partial charge is 0.469 e. The molecule has 0 unspecified atom stereocenters. The molecular formula is C16H40O5Si5. The molecular weight excluding hydrogens is 413 g/mol. The average Bonchev–Trinajstić information content (AvgIpc) is 2.31. The first-order valence-electron chi connectivity index (χ1n) is 9.41. The lowest BCUT2D eigenvalue weighted by molar-refractivity contribution is -0.108. The SMILES string of the molecule is CC=CC(=O)[SiH2]OCCC[Si](O[Si](C)(C)C)(O[Si](C)(C)C)O[Si](C)(C)C. The molecule has 0 heterocycles. The molecule has 0 aliphatic carbocycles. The van der Waals surface area contributed by atoms with E-state index in [0.717, 1.165) is 12.5 Å². The third-order valence-electron chi connectivity index (χ3n) is 2.75. The summed E-state index contributed by atoms with van der Waals surface area (Å²) in [6, 6.07) is 0.762. The summed E-state index contributed by atoms with van der Waals surface area (Å²) >= 11 is 0. The molecule has 0 aliphatic heterocycles. The summed E-state index contributed by atoms with van der Waals surface area (Å²) in [6.07, 6.45) is 4.17. The first kappa shape index (κ1) is 26.3. The van der Waals surface area contributed by atoms with Crippen molar-refractivity contribution in [3.63, 3.8) is 0 Å². The third kappa shape index (κ3) is 14.4. The zero-order chi connectivity index (χ0) is 20.6. The lowest BCUT2D eigenvalue weighted by atomic mass is 10.5. The number of rotatable bonds is 13. The zero-order valence-electron chi connectivity index (χ0n) is 18.5. The Labute approximate surface area is 167 Å². The van der Waals surface area contributed by atoms with Gasteiger partial charge >= 0.3 is 8.80 Å². The smallest absolute Gasteiger partial charge is 0.417 e. The van der Waals surface area contributed by atoms with Crippen molar-refractivity contribution in [2.75, 3.05) is 6.61 Å². The van der Waals surface area contributed by atoms with Gasteiger partial charge in [0.1, 0.15) is 0 Å². The van der Waals surface area contributed by atoms with Crippen molar-refractivity contribution in [3.05, 3.63) is 12.2 Å². The predicted molar refractivity (Wildman–Crippen MR) is 123 cm³/mol. The van der Waals surface area contributed by atoms with Crippen molar-refractivity contribution < 1.29 is 21.6 Å². The third-order valence-corrected chi connectivity index (χ3v) is 15.8. The normalized spacial score (nSPS) is 14.7. The van der Waals surface area contributed by atoms with Crippen LogP contribution in [0.4, 0.5) is 0 Å². The molecule has 0 aliphatic rings. The molecule has 0 saturated heterocycles. The molecule has 0 N–H and O–H groups in total. The zero-order valence-corrected chi connectivity index (χ0v) is 23.9. The van der Waals surface area contributed by atoms with E-state index in [1.165, 1.54) is 0 Å². The maximum Gasteiger partial charge on any atom is 0.469 e. The molecule has 10 heteroatoms. The quantitative estimate of drug-likeness (QED) is 0.239. The van der Waals surface area contributed by atoms with Crippen LogP contribution in [0.3, 0.4) is 0 Å². The van der Waals surface area contributed by atoms with Gasteiger partial charge in [-0.05, 0) is 78.3 Å². The summed E-state index contributed by atoms with van der Waals surface area (Å²) in [5.41, 5.74) is 0. The summed E-state index contributed by atoms with van der Waals surface area (Å²) < 4.78 is 25.5. The van der Waals surface area contributed by atoms with Gasteiger partial charge in [-0.15, -0.1) is 0 Å². The van der Waals surface area contributed by atoms with E-state index in [1.807, 2.05) is 6.92 Å². The lowest BCUT2D eigenvalue weighted by Gasteiger charge is -2.42. The molecule has 0 rings (SSSR count). The van der Waals surface area contributed by atoms with Gasteiger partial charge < -0.3 is 16.8 Å². The fourth-order valence-corrected chi connectivity index (χ4v) is 17.9. The minimum absolute atomic E-state index is 0.131. The van der Waals surface area contributed by atoms with Crippen molar-refractivity contribution >= 4 is 48.9 Å².